The number of phenolic OH excluding ortho intramolecular Hbond substituents is 1. The van der Waals surface area contributed by atoms with Gasteiger partial charge in [-0.05, 0) is 56.7 Å². The number of benzene rings is 2. The smallest absolute Gasteiger partial charge is 0.407 e. The first-order valence-electron chi connectivity index (χ1n) is 12.4. The molecule has 1 fully saturated rings. The van der Waals surface area contributed by atoms with Crippen molar-refractivity contribution in [3.63, 3.8) is 0 Å². The third-order valence-electron chi connectivity index (χ3n) is 7.00. The molecule has 9 nitrogen and oxygen atoms in total. The highest BCUT2D eigenvalue weighted by atomic mass is 16.6. The van der Waals surface area contributed by atoms with Crippen LogP contribution in [0.3, 0.4) is 0 Å². The highest BCUT2D eigenvalue weighted by Gasteiger charge is 2.69. The van der Waals surface area contributed by atoms with Crippen LogP contribution in [-0.4, -0.2) is 51.7 Å². The van der Waals surface area contributed by atoms with Gasteiger partial charge in [-0.2, -0.15) is 0 Å². The molecule has 1 saturated heterocycles. The summed E-state index contributed by atoms with van der Waals surface area (Å²) in [4.78, 5) is 39.6. The fraction of sp³-hybridized carbons (Fsp3) is 0.300. The van der Waals surface area contributed by atoms with Crippen molar-refractivity contribution in [2.45, 2.75) is 56.8 Å². The quantitative estimate of drug-likeness (QED) is 0.228. The van der Waals surface area contributed by atoms with E-state index in [0.717, 1.165) is 0 Å². The van der Waals surface area contributed by atoms with Crippen LogP contribution < -0.4 is 10.6 Å². The average molecular weight is 525 g/mol. The number of nitrogens with one attached hydrogen (secondary N) is 2. The molecule has 6 rings (SSSR count). The summed E-state index contributed by atoms with van der Waals surface area (Å²) in [5.74, 6) is 9.94. The van der Waals surface area contributed by atoms with Crippen LogP contribution in [0.5, 0.6) is 5.75 Å². The van der Waals surface area contributed by atoms with Gasteiger partial charge in [0.2, 0.25) is 0 Å². The van der Waals surface area contributed by atoms with Crippen molar-refractivity contribution >= 4 is 23.3 Å². The summed E-state index contributed by atoms with van der Waals surface area (Å²) < 4.78 is 11.2. The molecule has 0 aromatic heterocycles. The normalized spacial score (nSPS) is 26.0. The number of allylic oxidation sites excluding steroid dienone is 2. The Morgan fingerprint density at radius 3 is 2.56 bits per heavy atom. The summed E-state index contributed by atoms with van der Waals surface area (Å²) in [7, 11) is 0. The lowest BCUT2D eigenvalue weighted by atomic mass is 9.75. The number of alkyl carbamates (subject to hydrolysis) is 1. The number of aliphatic hydroxyl groups excluding tert-OH is 1. The first-order valence-corrected chi connectivity index (χ1v) is 12.4. The molecule has 1 amide bonds. The maximum atomic E-state index is 13.8. The minimum absolute atomic E-state index is 0.00462. The van der Waals surface area contributed by atoms with Gasteiger partial charge in [0.05, 0.1) is 16.8 Å². The van der Waals surface area contributed by atoms with Crippen LogP contribution in [0.2, 0.25) is 0 Å². The number of aromatic hydroxyl groups is 1. The number of hydrogen-bond acceptors (Lipinski definition) is 8. The molecule has 4 aliphatic rings. The molecule has 0 radical (unpaired) electrons. The number of aliphatic hydroxyl groups is 1. The van der Waals surface area contributed by atoms with Crippen molar-refractivity contribution in [3.05, 3.63) is 69.8 Å². The van der Waals surface area contributed by atoms with Crippen molar-refractivity contribution in [1.82, 2.24) is 5.32 Å². The highest BCUT2D eigenvalue weighted by Crippen LogP contribution is 2.59. The number of carbonyl (C=O) groups is 3. The van der Waals surface area contributed by atoms with Crippen LogP contribution in [-0.2, 0) is 21.6 Å². The minimum atomic E-state index is -1.30. The van der Waals surface area contributed by atoms with E-state index in [-0.39, 0.29) is 34.5 Å². The molecule has 2 aliphatic heterocycles. The maximum Gasteiger partial charge on any atom is 0.407 e. The fourth-order valence-corrected chi connectivity index (χ4v) is 5.30. The van der Waals surface area contributed by atoms with E-state index in [9.17, 15) is 24.6 Å². The molecule has 2 aromatic rings. The van der Waals surface area contributed by atoms with E-state index in [4.69, 9.17) is 9.47 Å². The number of rotatable bonds is 2. The molecule has 39 heavy (non-hydrogen) atoms. The zero-order valence-corrected chi connectivity index (χ0v) is 21.3. The number of anilines is 1. The Balaban J connectivity index is 1.40. The average Bonchev–Trinajstić information content (AvgIpc) is 3.64. The number of hydrogen-bond donors (Lipinski definition) is 4. The molecule has 196 valence electrons. The third kappa shape index (κ3) is 3.87. The first-order chi connectivity index (χ1) is 18.5. The number of epoxide rings is 1. The van der Waals surface area contributed by atoms with E-state index >= 15 is 0 Å². The first kappa shape index (κ1) is 24.7. The van der Waals surface area contributed by atoms with Crippen LogP contribution in [0.4, 0.5) is 10.5 Å². The zero-order valence-electron chi connectivity index (χ0n) is 21.3. The van der Waals surface area contributed by atoms with Crippen LogP contribution in [0, 0.1) is 23.7 Å². The number of ether oxygens (including phenoxy) is 2. The summed E-state index contributed by atoms with van der Waals surface area (Å²) in [5.41, 5.74) is -0.654. The van der Waals surface area contributed by atoms with Crippen molar-refractivity contribution in [2.75, 3.05) is 5.32 Å². The highest BCUT2D eigenvalue weighted by molar-refractivity contribution is 6.31. The topological polar surface area (TPSA) is 137 Å². The monoisotopic (exact) mass is 524 g/mol. The van der Waals surface area contributed by atoms with Crippen LogP contribution in [0.25, 0.3) is 0 Å². The molecule has 2 heterocycles. The van der Waals surface area contributed by atoms with E-state index in [1.807, 2.05) is 0 Å². The van der Waals surface area contributed by atoms with E-state index < -0.39 is 52.9 Å². The van der Waals surface area contributed by atoms with Gasteiger partial charge in [0.15, 0.2) is 23.3 Å². The van der Waals surface area contributed by atoms with Crippen molar-refractivity contribution in [2.24, 2.45) is 0 Å². The second-order valence-corrected chi connectivity index (χ2v) is 10.7. The lowest BCUT2D eigenvalue weighted by molar-refractivity contribution is 0.0523. The molecule has 9 heteroatoms. The summed E-state index contributed by atoms with van der Waals surface area (Å²) in [6.07, 6.45) is 0.644. The van der Waals surface area contributed by atoms with Crippen molar-refractivity contribution in [3.8, 4) is 29.4 Å². The van der Waals surface area contributed by atoms with Gasteiger partial charge in [-0.1, -0.05) is 29.7 Å². The van der Waals surface area contributed by atoms with Gasteiger partial charge in [-0.3, -0.25) is 9.59 Å². The molecule has 0 saturated carbocycles. The molecule has 4 N–H and O–H groups in total. The Kier molecular flexibility index (Phi) is 5.37. The molecular weight excluding hydrogens is 500 g/mol. The number of fused-ring (bicyclic) bond motifs is 4. The van der Waals surface area contributed by atoms with E-state index in [2.05, 4.69) is 34.3 Å². The van der Waals surface area contributed by atoms with E-state index in [1.165, 1.54) is 24.3 Å². The standard InChI is InChI=1S/C30H24N2O7/c1-29(2,3)39-28(37)31-14-15-10-11-16-17(12-15)26(36)22-20(33)13-18-24(23(22)25(16)35)32-19-8-6-4-5-7-9-21(34)30(18)27(19)38-30/h4-5,10-13,19,21,27,32-34H,14H2,1-3H3,(H,31,37)/b5-4-/t19-,21+,27?,30-/m0/s1. The molecule has 2 aliphatic carbocycles. The largest absolute Gasteiger partial charge is 0.507 e. The Morgan fingerprint density at radius 2 is 1.82 bits per heavy atom. The van der Waals surface area contributed by atoms with Gasteiger partial charge >= 0.3 is 6.09 Å². The molecule has 2 bridgehead atoms. The van der Waals surface area contributed by atoms with Gasteiger partial charge in [0.25, 0.3) is 0 Å². The summed E-state index contributed by atoms with van der Waals surface area (Å²) in [6.45, 7) is 5.32. The number of carbonyl (C=O) groups excluding carboxylic acids is 3. The summed E-state index contributed by atoms with van der Waals surface area (Å²) >= 11 is 0. The van der Waals surface area contributed by atoms with Gasteiger partial charge in [-0.25, -0.2) is 4.79 Å². The van der Waals surface area contributed by atoms with Crippen molar-refractivity contribution < 1.29 is 34.1 Å². The lowest BCUT2D eigenvalue weighted by Gasteiger charge is -2.32. The fourth-order valence-electron chi connectivity index (χ4n) is 5.30. The molecule has 0 spiro atoms. The maximum absolute atomic E-state index is 13.8. The number of amides is 1. The van der Waals surface area contributed by atoms with E-state index in [1.54, 1.807) is 32.9 Å². The Bertz CT molecular complexity index is 1640. The number of phenols is 1. The summed E-state index contributed by atoms with van der Waals surface area (Å²) in [5, 5.41) is 27.8. The van der Waals surface area contributed by atoms with Crippen LogP contribution in [0.1, 0.15) is 63.7 Å². The SMILES string of the molecule is CC(C)(C)OC(=O)NCc1ccc2c(c1)C(=O)c1c(O)cc3c(c1C2=O)N[C@H]1C#C/C=C\C#C[C@@H](O)[C@@]32OC12. The van der Waals surface area contributed by atoms with Crippen LogP contribution in [0.15, 0.2) is 36.4 Å². The van der Waals surface area contributed by atoms with Gasteiger partial charge in [-0.15, -0.1) is 0 Å². The second-order valence-electron chi connectivity index (χ2n) is 10.7. The van der Waals surface area contributed by atoms with Gasteiger partial charge in [0.1, 0.15) is 23.5 Å². The molecule has 2 aromatic carbocycles. The summed E-state index contributed by atoms with van der Waals surface area (Å²) in [6, 6.07) is 5.45. The predicted molar refractivity (Wildman–Crippen MR) is 139 cm³/mol. The van der Waals surface area contributed by atoms with Crippen molar-refractivity contribution in [1.29, 1.82) is 0 Å². The third-order valence-corrected chi connectivity index (χ3v) is 7.00. The molecular formula is C30H24N2O7. The zero-order chi connectivity index (χ0) is 27.7. The lowest BCUT2D eigenvalue weighted by Crippen LogP contribution is -2.42. The minimum Gasteiger partial charge on any atom is -0.507 e. The van der Waals surface area contributed by atoms with E-state index in [0.29, 0.717) is 11.1 Å². The second kappa shape index (κ2) is 8.47. The number of ketones is 2. The Hall–Kier alpha value is -4.57. The molecule has 4 atom stereocenters. The van der Waals surface area contributed by atoms with Gasteiger partial charge < -0.3 is 30.3 Å². The Morgan fingerprint density at radius 1 is 1.10 bits per heavy atom. The van der Waals surface area contributed by atoms with Gasteiger partial charge in [0, 0.05) is 23.2 Å². The van der Waals surface area contributed by atoms with Crippen LogP contribution >= 0.6 is 0 Å². The predicted octanol–water partition coefficient (Wildman–Crippen LogP) is 2.52. The Labute approximate surface area is 224 Å². The molecule has 1 unspecified atom stereocenters.